The summed E-state index contributed by atoms with van der Waals surface area (Å²) < 4.78 is 5.24. The van der Waals surface area contributed by atoms with Crippen LogP contribution in [0.5, 0.6) is 0 Å². The Kier molecular flexibility index (Phi) is 5.32. The molecule has 112 valence electrons. The van der Waals surface area contributed by atoms with Crippen LogP contribution in [0.4, 0.5) is 0 Å². The number of esters is 1. The molecule has 22 heavy (non-hydrogen) atoms. The summed E-state index contributed by atoms with van der Waals surface area (Å²) in [4.78, 5) is 12.3. The minimum atomic E-state index is -0.556. The molecule has 1 unspecified atom stereocenters. The maximum Gasteiger partial charge on any atom is 0.349 e. The van der Waals surface area contributed by atoms with E-state index in [-0.39, 0.29) is 17.6 Å². The predicted octanol–water partition coefficient (Wildman–Crippen LogP) is 4.05. The van der Waals surface area contributed by atoms with Crippen molar-refractivity contribution in [2.45, 2.75) is 26.4 Å². The molecule has 1 atom stereocenters. The lowest BCUT2D eigenvalue weighted by Gasteiger charge is -2.20. The van der Waals surface area contributed by atoms with Gasteiger partial charge in [0.15, 0.2) is 0 Å². The second kappa shape index (κ2) is 7.42. The number of nitriles is 1. The second-order valence-corrected chi connectivity index (χ2v) is 5.38. The summed E-state index contributed by atoms with van der Waals surface area (Å²) in [6.07, 6.45) is 8.48. The molecule has 0 heterocycles. The van der Waals surface area contributed by atoms with Crippen LogP contribution in [-0.2, 0) is 9.53 Å². The van der Waals surface area contributed by atoms with Crippen LogP contribution in [0.3, 0.4) is 0 Å². The van der Waals surface area contributed by atoms with Crippen molar-refractivity contribution < 1.29 is 9.53 Å². The average Bonchev–Trinajstić information content (AvgIpc) is 2.53. The van der Waals surface area contributed by atoms with Crippen molar-refractivity contribution in [1.82, 2.24) is 0 Å². The standard InChI is InChI=1S/C19H19NO2/c1-14(2)22-19(21)17(13-20)18(15-9-5-3-6-10-15)16-11-7-4-8-12-16/h3-11,14,16H,12H2,1-2H3/b18-17+. The molecule has 0 bridgehead atoms. The number of benzene rings is 1. The summed E-state index contributed by atoms with van der Waals surface area (Å²) in [6, 6.07) is 11.6. The van der Waals surface area contributed by atoms with Gasteiger partial charge in [-0.2, -0.15) is 5.26 Å². The Hall–Kier alpha value is -2.60. The molecule has 0 aromatic heterocycles. The minimum absolute atomic E-state index is 0.00163. The SMILES string of the molecule is CC(C)OC(=O)/C(C#N)=C(\c1ccccc1)C1C=CC=CC1. The molecule has 0 spiro atoms. The van der Waals surface area contributed by atoms with Gasteiger partial charge in [0.2, 0.25) is 0 Å². The minimum Gasteiger partial charge on any atom is -0.459 e. The van der Waals surface area contributed by atoms with Crippen LogP contribution in [0.15, 0.2) is 60.2 Å². The summed E-state index contributed by atoms with van der Waals surface area (Å²) in [5, 5.41) is 9.52. The molecule has 3 heteroatoms. The molecular weight excluding hydrogens is 274 g/mol. The number of carbonyl (C=O) groups excluding carboxylic acids is 1. The number of allylic oxidation sites excluding steroid dienone is 5. The Labute approximate surface area is 131 Å². The van der Waals surface area contributed by atoms with Crippen LogP contribution in [0.2, 0.25) is 0 Å². The normalized spacial score (nSPS) is 17.8. The summed E-state index contributed by atoms with van der Waals surface area (Å²) in [5.74, 6) is -0.555. The molecule has 1 aromatic rings. The summed E-state index contributed by atoms with van der Waals surface area (Å²) >= 11 is 0. The predicted molar refractivity (Wildman–Crippen MR) is 86.6 cm³/mol. The third kappa shape index (κ3) is 3.73. The van der Waals surface area contributed by atoms with E-state index < -0.39 is 5.97 Å². The fourth-order valence-electron chi connectivity index (χ4n) is 2.45. The largest absolute Gasteiger partial charge is 0.459 e. The maximum absolute atomic E-state index is 12.3. The van der Waals surface area contributed by atoms with Gasteiger partial charge in [0.25, 0.3) is 0 Å². The Morgan fingerprint density at radius 3 is 2.55 bits per heavy atom. The van der Waals surface area contributed by atoms with Crippen LogP contribution < -0.4 is 0 Å². The van der Waals surface area contributed by atoms with E-state index in [1.807, 2.05) is 54.6 Å². The molecular formula is C19H19NO2. The molecule has 0 amide bonds. The molecule has 1 aliphatic rings. The van der Waals surface area contributed by atoms with Crippen molar-refractivity contribution in [3.8, 4) is 6.07 Å². The van der Waals surface area contributed by atoms with Crippen molar-refractivity contribution in [3.05, 3.63) is 65.8 Å². The van der Waals surface area contributed by atoms with Crippen molar-refractivity contribution in [2.24, 2.45) is 5.92 Å². The van der Waals surface area contributed by atoms with Crippen molar-refractivity contribution in [2.75, 3.05) is 0 Å². The maximum atomic E-state index is 12.3. The highest BCUT2D eigenvalue weighted by atomic mass is 16.5. The van der Waals surface area contributed by atoms with E-state index in [9.17, 15) is 10.1 Å². The monoisotopic (exact) mass is 293 g/mol. The highest BCUT2D eigenvalue weighted by Gasteiger charge is 2.24. The third-order valence-corrected chi connectivity index (χ3v) is 3.36. The van der Waals surface area contributed by atoms with Crippen LogP contribution in [0.25, 0.3) is 5.57 Å². The zero-order valence-corrected chi connectivity index (χ0v) is 12.8. The molecule has 1 aromatic carbocycles. The van der Waals surface area contributed by atoms with Crippen molar-refractivity contribution in [3.63, 3.8) is 0 Å². The number of carbonyl (C=O) groups is 1. The van der Waals surface area contributed by atoms with E-state index in [1.165, 1.54) is 0 Å². The number of rotatable bonds is 4. The molecule has 0 saturated carbocycles. The second-order valence-electron chi connectivity index (χ2n) is 5.38. The quantitative estimate of drug-likeness (QED) is 0.478. The molecule has 0 aliphatic heterocycles. The van der Waals surface area contributed by atoms with Gasteiger partial charge < -0.3 is 4.74 Å². The van der Waals surface area contributed by atoms with Gasteiger partial charge in [-0.15, -0.1) is 0 Å². The fraction of sp³-hybridized carbons (Fsp3) is 0.263. The number of ether oxygens (including phenoxy) is 1. The fourth-order valence-corrected chi connectivity index (χ4v) is 2.45. The smallest absolute Gasteiger partial charge is 0.349 e. The highest BCUT2D eigenvalue weighted by Crippen LogP contribution is 2.32. The lowest BCUT2D eigenvalue weighted by atomic mass is 9.84. The first kappa shape index (κ1) is 15.8. The Morgan fingerprint density at radius 1 is 1.27 bits per heavy atom. The van der Waals surface area contributed by atoms with Crippen LogP contribution in [-0.4, -0.2) is 12.1 Å². The Bertz CT molecular complexity index is 660. The summed E-state index contributed by atoms with van der Waals surface area (Å²) in [7, 11) is 0. The van der Waals surface area contributed by atoms with Crippen molar-refractivity contribution in [1.29, 1.82) is 5.26 Å². The lowest BCUT2D eigenvalue weighted by molar-refractivity contribution is -0.142. The number of hydrogen-bond donors (Lipinski definition) is 0. The van der Waals surface area contributed by atoms with Gasteiger partial charge in [0, 0.05) is 5.92 Å². The van der Waals surface area contributed by atoms with E-state index in [0.29, 0.717) is 0 Å². The Balaban J connectivity index is 2.53. The molecule has 0 radical (unpaired) electrons. The number of hydrogen-bond acceptors (Lipinski definition) is 3. The van der Waals surface area contributed by atoms with Crippen LogP contribution in [0.1, 0.15) is 25.8 Å². The molecule has 3 nitrogen and oxygen atoms in total. The molecule has 1 aliphatic carbocycles. The first-order chi connectivity index (χ1) is 10.6. The van der Waals surface area contributed by atoms with E-state index in [0.717, 1.165) is 17.6 Å². The first-order valence-electron chi connectivity index (χ1n) is 7.37. The van der Waals surface area contributed by atoms with Crippen molar-refractivity contribution >= 4 is 11.5 Å². The zero-order valence-electron chi connectivity index (χ0n) is 12.8. The molecule has 2 rings (SSSR count). The average molecular weight is 293 g/mol. The molecule has 0 N–H and O–H groups in total. The summed E-state index contributed by atoms with van der Waals surface area (Å²) in [6.45, 7) is 3.55. The van der Waals surface area contributed by atoms with E-state index in [2.05, 4.69) is 6.07 Å². The lowest BCUT2D eigenvalue weighted by Crippen LogP contribution is -2.16. The molecule has 0 fully saturated rings. The van der Waals surface area contributed by atoms with Gasteiger partial charge in [0.1, 0.15) is 11.6 Å². The van der Waals surface area contributed by atoms with E-state index >= 15 is 0 Å². The molecule has 0 saturated heterocycles. The number of nitrogens with zero attached hydrogens (tertiary/aromatic N) is 1. The van der Waals surface area contributed by atoms with Gasteiger partial charge in [0.05, 0.1) is 6.10 Å². The van der Waals surface area contributed by atoms with Crippen LogP contribution >= 0.6 is 0 Å². The third-order valence-electron chi connectivity index (χ3n) is 3.36. The van der Waals surface area contributed by atoms with Gasteiger partial charge in [-0.3, -0.25) is 0 Å². The van der Waals surface area contributed by atoms with Gasteiger partial charge >= 0.3 is 5.97 Å². The topological polar surface area (TPSA) is 50.1 Å². The van der Waals surface area contributed by atoms with E-state index in [4.69, 9.17) is 4.74 Å². The highest BCUT2D eigenvalue weighted by molar-refractivity contribution is 6.02. The van der Waals surface area contributed by atoms with Gasteiger partial charge in [-0.1, -0.05) is 54.6 Å². The van der Waals surface area contributed by atoms with Gasteiger partial charge in [-0.25, -0.2) is 4.79 Å². The van der Waals surface area contributed by atoms with Crippen LogP contribution in [0, 0.1) is 17.2 Å². The Morgan fingerprint density at radius 2 is 2.00 bits per heavy atom. The zero-order chi connectivity index (χ0) is 15.9. The first-order valence-corrected chi connectivity index (χ1v) is 7.37. The summed E-state index contributed by atoms with van der Waals surface area (Å²) in [5.41, 5.74) is 1.70. The van der Waals surface area contributed by atoms with E-state index in [1.54, 1.807) is 13.8 Å². The van der Waals surface area contributed by atoms with Gasteiger partial charge in [-0.05, 0) is 31.4 Å².